The van der Waals surface area contributed by atoms with E-state index in [2.05, 4.69) is 27.8 Å². The van der Waals surface area contributed by atoms with Crippen molar-refractivity contribution in [3.63, 3.8) is 0 Å². The van der Waals surface area contributed by atoms with Crippen LogP contribution in [0.3, 0.4) is 0 Å². The standard InChI is InChI=1S/C20H24N4O4/c1-13-7-5-6-10-15(13)21-20(27)22-18(25)12-28-19(26)17-11-16(23-24-17)14-8-3-2-4-9-14/h2-4,8-9,11,13,15H,5-7,10,12H2,1H3,(H,23,24)(H2,21,22,25,27)/t13-,15-/m1/s1. The van der Waals surface area contributed by atoms with Crippen LogP contribution in [0.15, 0.2) is 36.4 Å². The molecule has 1 aromatic heterocycles. The van der Waals surface area contributed by atoms with E-state index in [4.69, 9.17) is 4.74 Å². The number of aromatic amines is 1. The van der Waals surface area contributed by atoms with E-state index in [1.807, 2.05) is 30.3 Å². The summed E-state index contributed by atoms with van der Waals surface area (Å²) in [6.45, 7) is 1.54. The van der Waals surface area contributed by atoms with Crippen molar-refractivity contribution in [3.05, 3.63) is 42.1 Å². The number of H-pyrrole nitrogens is 1. The van der Waals surface area contributed by atoms with Gasteiger partial charge in [-0.2, -0.15) is 5.10 Å². The van der Waals surface area contributed by atoms with Crippen molar-refractivity contribution in [2.45, 2.75) is 38.6 Å². The molecule has 0 bridgehead atoms. The molecule has 0 spiro atoms. The second kappa shape index (κ2) is 9.16. The molecule has 0 aliphatic heterocycles. The third-order valence-electron chi connectivity index (χ3n) is 4.88. The van der Waals surface area contributed by atoms with Gasteiger partial charge in [-0.15, -0.1) is 0 Å². The van der Waals surface area contributed by atoms with Crippen molar-refractivity contribution in [2.75, 3.05) is 6.61 Å². The molecule has 3 amide bonds. The van der Waals surface area contributed by atoms with Gasteiger partial charge in [-0.1, -0.05) is 50.1 Å². The molecule has 1 saturated carbocycles. The van der Waals surface area contributed by atoms with Crippen LogP contribution in [-0.2, 0) is 9.53 Å². The smallest absolute Gasteiger partial charge is 0.356 e. The number of imide groups is 1. The Kier molecular flexibility index (Phi) is 6.41. The van der Waals surface area contributed by atoms with Crippen molar-refractivity contribution >= 4 is 17.9 Å². The Morgan fingerprint density at radius 3 is 2.68 bits per heavy atom. The maximum atomic E-state index is 12.1. The predicted octanol–water partition coefficient (Wildman–Crippen LogP) is 2.64. The Bertz CT molecular complexity index is 834. The van der Waals surface area contributed by atoms with Crippen molar-refractivity contribution in [2.24, 2.45) is 5.92 Å². The van der Waals surface area contributed by atoms with Crippen molar-refractivity contribution in [3.8, 4) is 11.3 Å². The van der Waals surface area contributed by atoms with Crippen LogP contribution in [0.1, 0.15) is 43.1 Å². The molecule has 28 heavy (non-hydrogen) atoms. The fourth-order valence-corrected chi connectivity index (χ4v) is 3.29. The number of rotatable bonds is 5. The first-order chi connectivity index (χ1) is 13.5. The Morgan fingerprint density at radius 2 is 1.93 bits per heavy atom. The van der Waals surface area contributed by atoms with Gasteiger partial charge in [0.2, 0.25) is 0 Å². The van der Waals surface area contributed by atoms with Gasteiger partial charge >= 0.3 is 12.0 Å². The number of esters is 1. The fraction of sp³-hybridized carbons (Fsp3) is 0.400. The van der Waals surface area contributed by atoms with E-state index in [0.29, 0.717) is 11.6 Å². The number of amides is 3. The molecule has 1 fully saturated rings. The van der Waals surface area contributed by atoms with Crippen molar-refractivity contribution in [1.82, 2.24) is 20.8 Å². The molecule has 1 aromatic carbocycles. The summed E-state index contributed by atoms with van der Waals surface area (Å²) in [6.07, 6.45) is 4.19. The van der Waals surface area contributed by atoms with Gasteiger partial charge in [0.1, 0.15) is 5.69 Å². The summed E-state index contributed by atoms with van der Waals surface area (Å²) in [5, 5.41) is 11.7. The Labute approximate surface area is 163 Å². The zero-order chi connectivity index (χ0) is 19.9. The number of aromatic nitrogens is 2. The molecule has 2 atom stereocenters. The number of carbonyl (C=O) groups is 3. The zero-order valence-corrected chi connectivity index (χ0v) is 15.7. The third kappa shape index (κ3) is 5.18. The number of ether oxygens (including phenoxy) is 1. The normalized spacial score (nSPS) is 18.9. The molecular weight excluding hydrogens is 360 g/mol. The number of carbonyl (C=O) groups excluding carboxylic acids is 3. The van der Waals surface area contributed by atoms with Crippen LogP contribution in [0.2, 0.25) is 0 Å². The highest BCUT2D eigenvalue weighted by molar-refractivity contribution is 5.96. The lowest BCUT2D eigenvalue weighted by Crippen LogP contribution is -2.48. The molecule has 8 nitrogen and oxygen atoms in total. The van der Waals surface area contributed by atoms with Crippen LogP contribution in [0, 0.1) is 5.92 Å². The van der Waals surface area contributed by atoms with Crippen LogP contribution < -0.4 is 10.6 Å². The maximum absolute atomic E-state index is 12.1. The first-order valence-corrected chi connectivity index (χ1v) is 9.41. The van der Waals surface area contributed by atoms with E-state index in [1.165, 1.54) is 0 Å². The predicted molar refractivity (Wildman–Crippen MR) is 102 cm³/mol. The van der Waals surface area contributed by atoms with E-state index in [-0.39, 0.29) is 11.7 Å². The molecule has 0 radical (unpaired) electrons. The lowest BCUT2D eigenvalue weighted by atomic mass is 9.86. The van der Waals surface area contributed by atoms with Crippen LogP contribution in [-0.4, -0.2) is 40.8 Å². The average molecular weight is 384 g/mol. The van der Waals surface area contributed by atoms with E-state index >= 15 is 0 Å². The van der Waals surface area contributed by atoms with Crippen LogP contribution >= 0.6 is 0 Å². The topological polar surface area (TPSA) is 113 Å². The molecule has 1 aliphatic rings. The maximum Gasteiger partial charge on any atom is 0.356 e. The molecule has 8 heteroatoms. The summed E-state index contributed by atoms with van der Waals surface area (Å²) < 4.78 is 4.95. The van der Waals surface area contributed by atoms with Crippen LogP contribution in [0.25, 0.3) is 11.3 Å². The highest BCUT2D eigenvalue weighted by atomic mass is 16.5. The summed E-state index contributed by atoms with van der Waals surface area (Å²) in [5.74, 6) is -1.02. The molecule has 1 aliphatic carbocycles. The Morgan fingerprint density at radius 1 is 1.18 bits per heavy atom. The molecular formula is C20H24N4O4. The summed E-state index contributed by atoms with van der Waals surface area (Å²) in [4.78, 5) is 35.9. The highest BCUT2D eigenvalue weighted by Gasteiger charge is 2.23. The lowest BCUT2D eigenvalue weighted by Gasteiger charge is -2.29. The van der Waals surface area contributed by atoms with Crippen LogP contribution in [0.4, 0.5) is 4.79 Å². The summed E-state index contributed by atoms with van der Waals surface area (Å²) in [6, 6.07) is 10.4. The second-order valence-electron chi connectivity index (χ2n) is 7.00. The number of nitrogens with one attached hydrogen (secondary N) is 3. The number of nitrogens with zero attached hydrogens (tertiary/aromatic N) is 1. The van der Waals surface area contributed by atoms with Gasteiger partial charge in [-0.05, 0) is 24.8 Å². The second-order valence-corrected chi connectivity index (χ2v) is 7.00. The number of hydrogen-bond donors (Lipinski definition) is 3. The summed E-state index contributed by atoms with van der Waals surface area (Å²) >= 11 is 0. The van der Waals surface area contributed by atoms with E-state index < -0.39 is 24.5 Å². The first-order valence-electron chi connectivity index (χ1n) is 9.41. The highest BCUT2D eigenvalue weighted by Crippen LogP contribution is 2.23. The minimum atomic E-state index is -0.717. The number of urea groups is 1. The molecule has 0 saturated heterocycles. The lowest BCUT2D eigenvalue weighted by molar-refractivity contribution is -0.123. The monoisotopic (exact) mass is 384 g/mol. The van der Waals surface area contributed by atoms with Gasteiger partial charge in [0.15, 0.2) is 6.61 Å². The molecule has 0 unspecified atom stereocenters. The van der Waals surface area contributed by atoms with E-state index in [1.54, 1.807) is 6.07 Å². The van der Waals surface area contributed by atoms with Crippen molar-refractivity contribution < 1.29 is 19.1 Å². The largest absolute Gasteiger partial charge is 0.451 e. The quantitative estimate of drug-likeness (QED) is 0.686. The molecule has 3 rings (SSSR count). The van der Waals surface area contributed by atoms with Gasteiger partial charge in [0.05, 0.1) is 5.69 Å². The third-order valence-corrected chi connectivity index (χ3v) is 4.88. The fourth-order valence-electron chi connectivity index (χ4n) is 3.29. The van der Waals surface area contributed by atoms with Gasteiger partial charge in [-0.25, -0.2) is 9.59 Å². The van der Waals surface area contributed by atoms with Crippen LogP contribution in [0.5, 0.6) is 0 Å². The first kappa shape index (κ1) is 19.6. The summed E-state index contributed by atoms with van der Waals surface area (Å²) in [7, 11) is 0. The molecule has 148 valence electrons. The molecule has 3 N–H and O–H groups in total. The van der Waals surface area contributed by atoms with Gasteiger partial charge < -0.3 is 10.1 Å². The minimum absolute atomic E-state index is 0.0606. The molecule has 2 aromatic rings. The van der Waals surface area contributed by atoms with E-state index in [0.717, 1.165) is 31.2 Å². The van der Waals surface area contributed by atoms with Gasteiger partial charge in [0.25, 0.3) is 5.91 Å². The van der Waals surface area contributed by atoms with Crippen molar-refractivity contribution in [1.29, 1.82) is 0 Å². The minimum Gasteiger partial charge on any atom is -0.451 e. The Hall–Kier alpha value is -3.16. The molecule has 1 heterocycles. The average Bonchev–Trinajstić information content (AvgIpc) is 3.19. The van der Waals surface area contributed by atoms with E-state index in [9.17, 15) is 14.4 Å². The zero-order valence-electron chi connectivity index (χ0n) is 15.7. The number of benzene rings is 1. The number of hydrogen-bond acceptors (Lipinski definition) is 5. The SMILES string of the molecule is C[C@@H]1CCCC[C@H]1NC(=O)NC(=O)COC(=O)c1cc(-c2ccccc2)n[nH]1. The van der Waals surface area contributed by atoms with Gasteiger partial charge in [0, 0.05) is 11.6 Å². The Balaban J connectivity index is 1.44. The summed E-state index contributed by atoms with van der Waals surface area (Å²) in [5.41, 5.74) is 1.58. The van der Waals surface area contributed by atoms with Gasteiger partial charge in [-0.3, -0.25) is 15.2 Å².